The maximum absolute atomic E-state index is 14.1. The second-order valence-electron chi connectivity index (χ2n) is 6.19. The van der Waals surface area contributed by atoms with Gasteiger partial charge in [-0.3, -0.25) is 10.1 Å². The number of halogens is 1. The Kier molecular flexibility index (Phi) is 4.55. The predicted octanol–water partition coefficient (Wildman–Crippen LogP) is 3.50. The Morgan fingerprint density at radius 3 is 2.41 bits per heavy atom. The molecule has 0 radical (unpaired) electrons. The van der Waals surface area contributed by atoms with Crippen molar-refractivity contribution in [3.05, 3.63) is 94.3 Å². The van der Waals surface area contributed by atoms with Crippen molar-refractivity contribution in [1.82, 2.24) is 15.0 Å². The van der Waals surface area contributed by atoms with E-state index in [4.69, 9.17) is 0 Å². The Labute approximate surface area is 164 Å². The molecule has 1 aromatic heterocycles. The van der Waals surface area contributed by atoms with E-state index < -0.39 is 31.6 Å². The molecule has 0 bridgehead atoms. The molecule has 1 heterocycles. The van der Waals surface area contributed by atoms with Gasteiger partial charge in [-0.25, -0.2) is 17.5 Å². The summed E-state index contributed by atoms with van der Waals surface area (Å²) in [5.41, 5.74) is -0.125. The van der Waals surface area contributed by atoms with Crippen molar-refractivity contribution in [1.29, 1.82) is 0 Å². The number of nitro benzene ring substituents is 1. The molecule has 0 spiro atoms. The van der Waals surface area contributed by atoms with Crippen LogP contribution in [0.25, 0.3) is 11.0 Å². The van der Waals surface area contributed by atoms with Crippen molar-refractivity contribution < 1.29 is 17.7 Å². The van der Waals surface area contributed by atoms with E-state index in [0.29, 0.717) is 11.0 Å². The van der Waals surface area contributed by atoms with E-state index in [1.165, 1.54) is 24.3 Å². The molecule has 0 aliphatic heterocycles. The van der Waals surface area contributed by atoms with Gasteiger partial charge in [0, 0.05) is 6.07 Å². The second kappa shape index (κ2) is 7.06. The third-order valence-corrected chi connectivity index (χ3v) is 6.39. The zero-order valence-electron chi connectivity index (χ0n) is 14.7. The van der Waals surface area contributed by atoms with Gasteiger partial charge in [0.2, 0.25) is 9.84 Å². The van der Waals surface area contributed by atoms with Gasteiger partial charge in [-0.05, 0) is 36.4 Å². The third-order valence-electron chi connectivity index (χ3n) is 4.42. The van der Waals surface area contributed by atoms with E-state index in [0.717, 1.165) is 22.9 Å². The molecule has 0 aliphatic carbocycles. The summed E-state index contributed by atoms with van der Waals surface area (Å²) in [6.45, 7) is 0. The van der Waals surface area contributed by atoms with E-state index in [1.807, 2.05) is 0 Å². The summed E-state index contributed by atoms with van der Waals surface area (Å²) in [7, 11) is -4.25. The fraction of sp³-hybridized carbons (Fsp3) is 0.0526. The standard InChI is InChI=1S/C19H13FN4O4S/c20-13-10-11-17(24(25)26)15(12-13)19(29(27,28)14-6-2-1-3-7-14)23-18-9-5-4-8-16(18)21-22-23/h1-12,19H. The number of aromatic nitrogens is 3. The van der Waals surface area contributed by atoms with Crippen LogP contribution >= 0.6 is 0 Å². The summed E-state index contributed by atoms with van der Waals surface area (Å²) in [6.07, 6.45) is 0. The van der Waals surface area contributed by atoms with Crippen LogP contribution in [0.5, 0.6) is 0 Å². The first kappa shape index (κ1) is 18.7. The molecule has 4 aromatic rings. The lowest BCUT2D eigenvalue weighted by atomic mass is 10.1. The molecule has 4 rings (SSSR count). The van der Waals surface area contributed by atoms with Crippen molar-refractivity contribution in [2.75, 3.05) is 0 Å². The summed E-state index contributed by atoms with van der Waals surface area (Å²) in [5, 5.41) is 17.8. The van der Waals surface area contributed by atoms with Crippen LogP contribution in [0.15, 0.2) is 77.7 Å². The SMILES string of the molecule is O=[N+]([O-])c1ccc(F)cc1C(n1nnc2ccccc21)S(=O)(=O)c1ccccc1. The lowest BCUT2D eigenvalue weighted by molar-refractivity contribution is -0.385. The topological polar surface area (TPSA) is 108 Å². The molecule has 29 heavy (non-hydrogen) atoms. The van der Waals surface area contributed by atoms with Crippen LogP contribution in [-0.4, -0.2) is 28.3 Å². The van der Waals surface area contributed by atoms with Crippen LogP contribution in [0.1, 0.15) is 10.9 Å². The van der Waals surface area contributed by atoms with Crippen LogP contribution in [0.2, 0.25) is 0 Å². The normalized spacial score (nSPS) is 12.7. The van der Waals surface area contributed by atoms with Crippen molar-refractivity contribution in [2.24, 2.45) is 0 Å². The minimum atomic E-state index is -4.25. The maximum Gasteiger partial charge on any atom is 0.276 e. The first-order valence-corrected chi connectivity index (χ1v) is 9.97. The van der Waals surface area contributed by atoms with E-state index in [2.05, 4.69) is 10.3 Å². The van der Waals surface area contributed by atoms with Crippen molar-refractivity contribution in [3.63, 3.8) is 0 Å². The van der Waals surface area contributed by atoms with E-state index in [-0.39, 0.29) is 10.5 Å². The zero-order valence-corrected chi connectivity index (χ0v) is 15.5. The monoisotopic (exact) mass is 412 g/mol. The van der Waals surface area contributed by atoms with Crippen molar-refractivity contribution in [3.8, 4) is 0 Å². The van der Waals surface area contributed by atoms with E-state index >= 15 is 0 Å². The van der Waals surface area contributed by atoms with Gasteiger partial charge < -0.3 is 0 Å². The van der Waals surface area contributed by atoms with Crippen molar-refractivity contribution in [2.45, 2.75) is 10.3 Å². The Morgan fingerprint density at radius 1 is 1.00 bits per heavy atom. The highest BCUT2D eigenvalue weighted by atomic mass is 32.2. The van der Waals surface area contributed by atoms with Gasteiger partial charge in [-0.15, -0.1) is 5.10 Å². The Hall–Kier alpha value is -3.66. The largest absolute Gasteiger partial charge is 0.276 e. The fourth-order valence-electron chi connectivity index (χ4n) is 3.12. The molecule has 0 N–H and O–H groups in total. The van der Waals surface area contributed by atoms with Crippen LogP contribution in [-0.2, 0) is 9.84 Å². The highest BCUT2D eigenvalue weighted by molar-refractivity contribution is 7.91. The number of sulfone groups is 1. The van der Waals surface area contributed by atoms with Gasteiger partial charge in [0.15, 0.2) is 5.37 Å². The van der Waals surface area contributed by atoms with Gasteiger partial charge in [0.1, 0.15) is 11.3 Å². The Balaban J connectivity index is 2.07. The van der Waals surface area contributed by atoms with E-state index in [1.54, 1.807) is 30.3 Å². The molecule has 3 aromatic carbocycles. The molecule has 0 amide bonds. The minimum Gasteiger partial charge on any atom is -0.258 e. The summed E-state index contributed by atoms with van der Waals surface area (Å²) in [4.78, 5) is 10.7. The van der Waals surface area contributed by atoms with Crippen LogP contribution in [0.3, 0.4) is 0 Å². The zero-order chi connectivity index (χ0) is 20.6. The quantitative estimate of drug-likeness (QED) is 0.367. The van der Waals surface area contributed by atoms with Gasteiger partial charge in [-0.1, -0.05) is 35.5 Å². The molecule has 146 valence electrons. The third kappa shape index (κ3) is 3.23. The number of fused-ring (bicyclic) bond motifs is 1. The molecule has 8 nitrogen and oxygen atoms in total. The average molecular weight is 412 g/mol. The van der Waals surface area contributed by atoms with Crippen LogP contribution < -0.4 is 0 Å². The summed E-state index contributed by atoms with van der Waals surface area (Å²) in [6, 6.07) is 16.7. The van der Waals surface area contributed by atoms with E-state index in [9.17, 15) is 22.9 Å². The smallest absolute Gasteiger partial charge is 0.258 e. The lowest BCUT2D eigenvalue weighted by Gasteiger charge is -2.19. The summed E-state index contributed by atoms with van der Waals surface area (Å²) >= 11 is 0. The number of nitrogens with zero attached hydrogens (tertiary/aromatic N) is 4. The van der Waals surface area contributed by atoms with Gasteiger partial charge in [-0.2, -0.15) is 0 Å². The molecule has 0 aliphatic rings. The second-order valence-corrected chi connectivity index (χ2v) is 8.20. The minimum absolute atomic E-state index is 0.0804. The van der Waals surface area contributed by atoms with Gasteiger partial charge in [0.25, 0.3) is 5.69 Å². The number of hydrogen-bond acceptors (Lipinski definition) is 6. The molecule has 0 saturated carbocycles. The molecular weight excluding hydrogens is 399 g/mol. The van der Waals surface area contributed by atoms with Crippen LogP contribution in [0, 0.1) is 15.9 Å². The number of hydrogen-bond donors (Lipinski definition) is 0. The average Bonchev–Trinajstić information content (AvgIpc) is 3.12. The molecule has 1 unspecified atom stereocenters. The van der Waals surface area contributed by atoms with Gasteiger partial charge >= 0.3 is 0 Å². The highest BCUT2D eigenvalue weighted by Gasteiger charge is 2.38. The Bertz CT molecular complexity index is 1320. The number of para-hydroxylation sites is 1. The first-order chi connectivity index (χ1) is 13.9. The number of rotatable bonds is 5. The fourth-order valence-corrected chi connectivity index (χ4v) is 4.86. The molecule has 10 heteroatoms. The number of nitro groups is 1. The lowest BCUT2D eigenvalue weighted by Crippen LogP contribution is -2.24. The highest BCUT2D eigenvalue weighted by Crippen LogP contribution is 2.37. The maximum atomic E-state index is 14.1. The first-order valence-electron chi connectivity index (χ1n) is 8.42. The van der Waals surface area contributed by atoms with Crippen LogP contribution in [0.4, 0.5) is 10.1 Å². The summed E-state index contributed by atoms with van der Waals surface area (Å²) < 4.78 is 42.2. The van der Waals surface area contributed by atoms with Gasteiger partial charge in [0.05, 0.1) is 20.9 Å². The molecule has 1 atom stereocenters. The summed E-state index contributed by atoms with van der Waals surface area (Å²) in [5.74, 6) is -0.803. The number of benzene rings is 3. The molecular formula is C19H13FN4O4S. The predicted molar refractivity (Wildman–Crippen MR) is 102 cm³/mol. The Morgan fingerprint density at radius 2 is 1.69 bits per heavy atom. The van der Waals surface area contributed by atoms with Crippen molar-refractivity contribution >= 4 is 26.6 Å². The molecule has 0 fully saturated rings. The molecule has 0 saturated heterocycles.